The standard InChI is InChI=1S/C48H92O6/c1-6-7-8-9-10-11-12-13-14-15-16-23-28-33-38-46(49)52-41-45(54-48(51)40-35-30-25-20-18-22-27-32-37-44(4)5)42-53-47(50)39-34-29-24-19-17-21-26-31-36-43(2)3/h43-45H,6-42H2,1-5H3/t45-/m1/s1. The lowest BCUT2D eigenvalue weighted by atomic mass is 10.0. The van der Waals surface area contributed by atoms with Gasteiger partial charge in [-0.25, -0.2) is 0 Å². The summed E-state index contributed by atoms with van der Waals surface area (Å²) in [6.45, 7) is 11.3. The Morgan fingerprint density at radius 1 is 0.352 bits per heavy atom. The van der Waals surface area contributed by atoms with Gasteiger partial charge in [0.25, 0.3) is 0 Å². The average Bonchev–Trinajstić information content (AvgIpc) is 3.14. The molecule has 54 heavy (non-hydrogen) atoms. The molecule has 0 aliphatic carbocycles. The molecule has 0 unspecified atom stereocenters. The van der Waals surface area contributed by atoms with Gasteiger partial charge in [-0.05, 0) is 31.1 Å². The van der Waals surface area contributed by atoms with Crippen molar-refractivity contribution in [3.05, 3.63) is 0 Å². The molecule has 0 aromatic carbocycles. The zero-order chi connectivity index (χ0) is 39.7. The molecular weight excluding hydrogens is 673 g/mol. The molecule has 0 rings (SSSR count). The molecule has 0 aliphatic heterocycles. The fourth-order valence-electron chi connectivity index (χ4n) is 7.11. The first-order valence-electron chi connectivity index (χ1n) is 23.7. The van der Waals surface area contributed by atoms with Gasteiger partial charge in [0.15, 0.2) is 6.10 Å². The second-order valence-electron chi connectivity index (χ2n) is 17.3. The van der Waals surface area contributed by atoms with Crippen molar-refractivity contribution in [2.24, 2.45) is 11.8 Å². The Labute approximate surface area is 336 Å². The lowest BCUT2D eigenvalue weighted by Gasteiger charge is -2.18. The van der Waals surface area contributed by atoms with Crippen LogP contribution in [-0.4, -0.2) is 37.2 Å². The van der Waals surface area contributed by atoms with Crippen LogP contribution >= 0.6 is 0 Å². The molecule has 0 aromatic rings. The summed E-state index contributed by atoms with van der Waals surface area (Å²) in [6, 6.07) is 0. The third-order valence-corrected chi connectivity index (χ3v) is 10.7. The fraction of sp³-hybridized carbons (Fsp3) is 0.938. The number of hydrogen-bond acceptors (Lipinski definition) is 6. The second kappa shape index (κ2) is 41.1. The monoisotopic (exact) mass is 765 g/mol. The van der Waals surface area contributed by atoms with Crippen molar-refractivity contribution >= 4 is 17.9 Å². The van der Waals surface area contributed by atoms with Gasteiger partial charge in [-0.15, -0.1) is 0 Å². The van der Waals surface area contributed by atoms with E-state index in [4.69, 9.17) is 14.2 Å². The number of ether oxygens (including phenoxy) is 3. The third-order valence-electron chi connectivity index (χ3n) is 10.7. The number of carbonyl (C=O) groups is 3. The molecule has 1 atom stereocenters. The summed E-state index contributed by atoms with van der Waals surface area (Å²) in [5.74, 6) is 0.732. The van der Waals surface area contributed by atoms with Crippen molar-refractivity contribution in [2.45, 2.75) is 265 Å². The number of rotatable bonds is 42. The van der Waals surface area contributed by atoms with Gasteiger partial charge in [0.2, 0.25) is 0 Å². The molecule has 320 valence electrons. The Kier molecular flexibility index (Phi) is 39.8. The van der Waals surface area contributed by atoms with Crippen LogP contribution in [0, 0.1) is 11.8 Å². The molecule has 0 amide bonds. The highest BCUT2D eigenvalue weighted by molar-refractivity contribution is 5.71. The van der Waals surface area contributed by atoms with Crippen molar-refractivity contribution in [2.75, 3.05) is 13.2 Å². The van der Waals surface area contributed by atoms with E-state index in [1.807, 2.05) is 0 Å². The van der Waals surface area contributed by atoms with E-state index in [0.29, 0.717) is 19.3 Å². The normalized spacial score (nSPS) is 12.1. The predicted molar refractivity (Wildman–Crippen MR) is 229 cm³/mol. The third kappa shape index (κ3) is 41.6. The molecule has 0 saturated carbocycles. The summed E-state index contributed by atoms with van der Waals surface area (Å²) in [4.78, 5) is 37.7. The van der Waals surface area contributed by atoms with Crippen molar-refractivity contribution < 1.29 is 28.6 Å². The minimum atomic E-state index is -0.761. The Balaban J connectivity index is 4.32. The summed E-state index contributed by atoms with van der Waals surface area (Å²) in [5, 5.41) is 0. The number of hydrogen-bond donors (Lipinski definition) is 0. The largest absolute Gasteiger partial charge is 0.462 e. The highest BCUT2D eigenvalue weighted by atomic mass is 16.6. The molecule has 0 N–H and O–H groups in total. The van der Waals surface area contributed by atoms with E-state index < -0.39 is 6.10 Å². The number of esters is 3. The molecule has 6 nitrogen and oxygen atoms in total. The molecule has 0 aliphatic rings. The summed E-state index contributed by atoms with van der Waals surface area (Å²) in [5.41, 5.74) is 0. The maximum absolute atomic E-state index is 12.7. The van der Waals surface area contributed by atoms with Crippen molar-refractivity contribution in [3.8, 4) is 0 Å². The second-order valence-corrected chi connectivity index (χ2v) is 17.3. The SMILES string of the molecule is CCCCCCCCCCCCCCCCC(=O)OC[C@H](COC(=O)CCCCCCCCCCC(C)C)OC(=O)CCCCCCCCCCC(C)C. The molecule has 0 bridgehead atoms. The molecule has 0 saturated heterocycles. The van der Waals surface area contributed by atoms with Crippen LogP contribution in [0.15, 0.2) is 0 Å². The van der Waals surface area contributed by atoms with Crippen LogP contribution in [0.25, 0.3) is 0 Å². The van der Waals surface area contributed by atoms with Gasteiger partial charge in [0.1, 0.15) is 13.2 Å². The molecule has 0 spiro atoms. The summed E-state index contributed by atoms with van der Waals surface area (Å²) >= 11 is 0. The summed E-state index contributed by atoms with van der Waals surface area (Å²) in [7, 11) is 0. The van der Waals surface area contributed by atoms with Crippen LogP contribution in [0.5, 0.6) is 0 Å². The molecule has 6 heteroatoms. The first-order chi connectivity index (χ1) is 26.2. The zero-order valence-electron chi connectivity index (χ0n) is 36.8. The van der Waals surface area contributed by atoms with E-state index in [2.05, 4.69) is 34.6 Å². The fourth-order valence-corrected chi connectivity index (χ4v) is 7.11. The Hall–Kier alpha value is -1.59. The summed E-state index contributed by atoms with van der Waals surface area (Å²) in [6.07, 6.45) is 39.5. The van der Waals surface area contributed by atoms with Crippen molar-refractivity contribution in [1.82, 2.24) is 0 Å². The zero-order valence-corrected chi connectivity index (χ0v) is 36.8. The van der Waals surface area contributed by atoms with Gasteiger partial charge in [-0.1, -0.05) is 221 Å². The van der Waals surface area contributed by atoms with Crippen LogP contribution < -0.4 is 0 Å². The number of carbonyl (C=O) groups excluding carboxylic acids is 3. The van der Waals surface area contributed by atoms with E-state index >= 15 is 0 Å². The van der Waals surface area contributed by atoms with E-state index in [-0.39, 0.29) is 31.1 Å². The number of unbranched alkanes of at least 4 members (excludes halogenated alkanes) is 27. The smallest absolute Gasteiger partial charge is 0.306 e. The van der Waals surface area contributed by atoms with Crippen LogP contribution in [-0.2, 0) is 28.6 Å². The first kappa shape index (κ1) is 52.4. The quantitative estimate of drug-likeness (QED) is 0.0350. The molecule has 0 aromatic heterocycles. The first-order valence-corrected chi connectivity index (χ1v) is 23.7. The maximum Gasteiger partial charge on any atom is 0.306 e. The van der Waals surface area contributed by atoms with Gasteiger partial charge in [-0.3, -0.25) is 14.4 Å². The highest BCUT2D eigenvalue weighted by Gasteiger charge is 2.19. The topological polar surface area (TPSA) is 78.9 Å². The van der Waals surface area contributed by atoms with Crippen LogP contribution in [0.4, 0.5) is 0 Å². The van der Waals surface area contributed by atoms with E-state index in [9.17, 15) is 14.4 Å². The maximum atomic E-state index is 12.7. The molecular formula is C48H92O6. The van der Waals surface area contributed by atoms with Gasteiger partial charge in [0.05, 0.1) is 0 Å². The van der Waals surface area contributed by atoms with Gasteiger partial charge in [0, 0.05) is 19.3 Å². The van der Waals surface area contributed by atoms with Crippen LogP contribution in [0.1, 0.15) is 259 Å². The van der Waals surface area contributed by atoms with Crippen LogP contribution in [0.3, 0.4) is 0 Å². The summed E-state index contributed by atoms with van der Waals surface area (Å²) < 4.78 is 16.7. The van der Waals surface area contributed by atoms with Gasteiger partial charge < -0.3 is 14.2 Å². The van der Waals surface area contributed by atoms with E-state index in [1.165, 1.54) is 148 Å². The minimum absolute atomic E-state index is 0.0650. The van der Waals surface area contributed by atoms with E-state index in [1.54, 1.807) is 0 Å². The van der Waals surface area contributed by atoms with Crippen molar-refractivity contribution in [1.29, 1.82) is 0 Å². The Bertz CT molecular complexity index is 824. The van der Waals surface area contributed by atoms with E-state index in [0.717, 1.165) is 69.6 Å². The minimum Gasteiger partial charge on any atom is -0.462 e. The Morgan fingerprint density at radius 2 is 0.611 bits per heavy atom. The van der Waals surface area contributed by atoms with Gasteiger partial charge in [-0.2, -0.15) is 0 Å². The molecule has 0 radical (unpaired) electrons. The highest BCUT2D eigenvalue weighted by Crippen LogP contribution is 2.17. The van der Waals surface area contributed by atoms with Gasteiger partial charge >= 0.3 is 17.9 Å². The lowest BCUT2D eigenvalue weighted by molar-refractivity contribution is -0.167. The molecule has 0 fully saturated rings. The van der Waals surface area contributed by atoms with Crippen LogP contribution in [0.2, 0.25) is 0 Å². The van der Waals surface area contributed by atoms with Crippen molar-refractivity contribution in [3.63, 3.8) is 0 Å². The predicted octanol–water partition coefficient (Wildman–Crippen LogP) is 15.0. The lowest BCUT2D eigenvalue weighted by Crippen LogP contribution is -2.30. The molecule has 0 heterocycles. The average molecular weight is 765 g/mol. The Morgan fingerprint density at radius 3 is 0.907 bits per heavy atom.